The highest BCUT2D eigenvalue weighted by atomic mass is 35.5. The Morgan fingerprint density at radius 2 is 1.89 bits per heavy atom. The summed E-state index contributed by atoms with van der Waals surface area (Å²) in [7, 11) is -3.65. The van der Waals surface area contributed by atoms with Crippen molar-refractivity contribution < 1.29 is 13.2 Å². The molecule has 0 heterocycles. The van der Waals surface area contributed by atoms with Crippen LogP contribution >= 0.6 is 11.6 Å². The maximum absolute atomic E-state index is 12.6. The normalized spacial score (nSPS) is 14.4. The summed E-state index contributed by atoms with van der Waals surface area (Å²) in [5, 5.41) is 3.33. The number of sulfonamides is 1. The van der Waals surface area contributed by atoms with Crippen LogP contribution in [0.1, 0.15) is 41.6 Å². The highest BCUT2D eigenvalue weighted by Crippen LogP contribution is 2.27. The number of halogens is 1. The van der Waals surface area contributed by atoms with Gasteiger partial charge in [-0.2, -0.15) is 0 Å². The van der Waals surface area contributed by atoms with Crippen molar-refractivity contribution in [2.75, 3.05) is 17.1 Å². The van der Waals surface area contributed by atoms with Crippen molar-refractivity contribution in [3.05, 3.63) is 63.7 Å². The molecule has 2 aromatic rings. The molecule has 1 aliphatic carbocycles. The Labute approximate surface area is 171 Å². The summed E-state index contributed by atoms with van der Waals surface area (Å²) in [6.45, 7) is 3.40. The molecule has 1 amide bonds. The van der Waals surface area contributed by atoms with Gasteiger partial charge < -0.3 is 5.32 Å². The third-order valence-corrected chi connectivity index (χ3v) is 6.49. The van der Waals surface area contributed by atoms with Crippen LogP contribution in [-0.2, 0) is 27.7 Å². The molecule has 0 aliphatic heterocycles. The van der Waals surface area contributed by atoms with Crippen LogP contribution in [-0.4, -0.2) is 27.1 Å². The molecule has 0 spiro atoms. The van der Waals surface area contributed by atoms with Gasteiger partial charge in [-0.1, -0.05) is 35.9 Å². The second kappa shape index (κ2) is 8.13. The predicted octanol–water partition coefficient (Wildman–Crippen LogP) is 3.78. The molecule has 0 saturated carbocycles. The zero-order valence-corrected chi connectivity index (χ0v) is 17.9. The number of rotatable bonds is 6. The first-order valence-corrected chi connectivity index (χ1v) is 11.5. The number of carbonyl (C=O) groups excluding carboxylic acids is 1. The summed E-state index contributed by atoms with van der Waals surface area (Å²) in [4.78, 5) is 12.6. The van der Waals surface area contributed by atoms with Gasteiger partial charge in [0.25, 0.3) is 0 Å². The van der Waals surface area contributed by atoms with Crippen molar-refractivity contribution in [1.82, 2.24) is 5.32 Å². The van der Waals surface area contributed by atoms with Crippen molar-refractivity contribution in [3.8, 4) is 0 Å². The van der Waals surface area contributed by atoms with E-state index in [4.69, 9.17) is 11.6 Å². The van der Waals surface area contributed by atoms with Crippen molar-refractivity contribution in [1.29, 1.82) is 0 Å². The Kier molecular flexibility index (Phi) is 6.01. The number of nitrogens with one attached hydrogen (secondary N) is 1. The molecular weight excluding hydrogens is 396 g/mol. The molecule has 0 radical (unpaired) electrons. The van der Waals surface area contributed by atoms with E-state index in [2.05, 4.69) is 17.4 Å². The number of fused-ring (bicyclic) bond motifs is 1. The fourth-order valence-electron chi connectivity index (χ4n) is 3.59. The van der Waals surface area contributed by atoms with Gasteiger partial charge in [0.1, 0.15) is 6.54 Å². The molecule has 150 valence electrons. The van der Waals surface area contributed by atoms with Crippen LogP contribution in [0.2, 0.25) is 5.02 Å². The van der Waals surface area contributed by atoms with E-state index < -0.39 is 10.0 Å². The van der Waals surface area contributed by atoms with E-state index in [-0.39, 0.29) is 18.5 Å². The van der Waals surface area contributed by atoms with E-state index in [1.807, 2.05) is 13.0 Å². The molecule has 1 aliphatic rings. The lowest BCUT2D eigenvalue weighted by molar-refractivity contribution is -0.120. The topological polar surface area (TPSA) is 66.5 Å². The summed E-state index contributed by atoms with van der Waals surface area (Å²) < 4.78 is 25.7. The van der Waals surface area contributed by atoms with Gasteiger partial charge in [0.05, 0.1) is 18.0 Å². The first-order chi connectivity index (χ1) is 13.1. The number of carbonyl (C=O) groups is 1. The number of hydrogen-bond acceptors (Lipinski definition) is 3. The Morgan fingerprint density at radius 1 is 1.18 bits per heavy atom. The second-order valence-electron chi connectivity index (χ2n) is 7.37. The Bertz CT molecular complexity index is 1000. The molecule has 0 fully saturated rings. The fourth-order valence-corrected chi connectivity index (χ4v) is 4.67. The number of benzene rings is 2. The minimum absolute atomic E-state index is 0.208. The average Bonchev–Trinajstić information content (AvgIpc) is 3.08. The smallest absolute Gasteiger partial charge is 0.241 e. The van der Waals surface area contributed by atoms with Gasteiger partial charge in [0.2, 0.25) is 15.9 Å². The standard InChI is InChI=1S/C21H25ClN2O3S/c1-14-7-10-19(22)12-20(14)24(28(3,26)27)13-21(25)23-15(2)17-9-8-16-5-4-6-18(16)11-17/h7-12,15H,4-6,13H2,1-3H3,(H,23,25)/t15-/m1/s1. The Balaban J connectivity index is 1.76. The zero-order valence-electron chi connectivity index (χ0n) is 16.3. The van der Waals surface area contributed by atoms with Gasteiger partial charge in [0, 0.05) is 5.02 Å². The molecule has 3 rings (SSSR count). The number of anilines is 1. The summed E-state index contributed by atoms with van der Waals surface area (Å²) >= 11 is 6.04. The highest BCUT2D eigenvalue weighted by molar-refractivity contribution is 7.92. The van der Waals surface area contributed by atoms with E-state index in [9.17, 15) is 13.2 Å². The Morgan fingerprint density at radius 3 is 2.61 bits per heavy atom. The van der Waals surface area contributed by atoms with Crippen molar-refractivity contribution >= 4 is 33.2 Å². The van der Waals surface area contributed by atoms with E-state index >= 15 is 0 Å². The van der Waals surface area contributed by atoms with Crippen molar-refractivity contribution in [2.24, 2.45) is 0 Å². The summed E-state index contributed by atoms with van der Waals surface area (Å²) in [6, 6.07) is 11.1. The van der Waals surface area contributed by atoms with Crippen LogP contribution < -0.4 is 9.62 Å². The number of aryl methyl sites for hydroxylation is 3. The van der Waals surface area contributed by atoms with Crippen molar-refractivity contribution in [2.45, 2.75) is 39.2 Å². The zero-order chi connectivity index (χ0) is 20.5. The molecule has 2 aromatic carbocycles. The van der Waals surface area contributed by atoms with E-state index in [0.29, 0.717) is 10.7 Å². The first-order valence-electron chi connectivity index (χ1n) is 9.30. The van der Waals surface area contributed by atoms with Gasteiger partial charge >= 0.3 is 0 Å². The molecular formula is C21H25ClN2O3S. The Hall–Kier alpha value is -2.05. The van der Waals surface area contributed by atoms with E-state index in [0.717, 1.165) is 34.5 Å². The maximum atomic E-state index is 12.6. The average molecular weight is 421 g/mol. The van der Waals surface area contributed by atoms with Crippen LogP contribution in [0.15, 0.2) is 36.4 Å². The molecule has 0 saturated heterocycles. The molecule has 1 atom stereocenters. The molecule has 7 heteroatoms. The minimum Gasteiger partial charge on any atom is -0.348 e. The predicted molar refractivity (Wildman–Crippen MR) is 113 cm³/mol. The van der Waals surface area contributed by atoms with Gasteiger partial charge in [-0.3, -0.25) is 9.10 Å². The molecule has 0 bridgehead atoms. The number of amides is 1. The van der Waals surface area contributed by atoms with Crippen LogP contribution in [0.5, 0.6) is 0 Å². The number of nitrogens with zero attached hydrogens (tertiary/aromatic N) is 1. The second-order valence-corrected chi connectivity index (χ2v) is 9.71. The van der Waals surface area contributed by atoms with Crippen LogP contribution in [0.4, 0.5) is 5.69 Å². The summed E-state index contributed by atoms with van der Waals surface area (Å²) in [6.07, 6.45) is 4.44. The number of hydrogen-bond donors (Lipinski definition) is 1. The molecule has 0 aromatic heterocycles. The van der Waals surface area contributed by atoms with Crippen LogP contribution in [0.3, 0.4) is 0 Å². The lowest BCUT2D eigenvalue weighted by Crippen LogP contribution is -2.41. The van der Waals surface area contributed by atoms with Gasteiger partial charge in [-0.05, 0) is 67.5 Å². The van der Waals surface area contributed by atoms with Gasteiger partial charge in [-0.25, -0.2) is 8.42 Å². The van der Waals surface area contributed by atoms with Crippen LogP contribution in [0, 0.1) is 6.92 Å². The monoisotopic (exact) mass is 420 g/mol. The molecule has 1 N–H and O–H groups in total. The third kappa shape index (κ3) is 4.67. The lowest BCUT2D eigenvalue weighted by Gasteiger charge is -2.25. The van der Waals surface area contributed by atoms with Gasteiger partial charge in [-0.15, -0.1) is 0 Å². The van der Waals surface area contributed by atoms with Crippen molar-refractivity contribution in [3.63, 3.8) is 0 Å². The van der Waals surface area contributed by atoms with Crippen LogP contribution in [0.25, 0.3) is 0 Å². The third-order valence-electron chi connectivity index (χ3n) is 5.13. The quantitative estimate of drug-likeness (QED) is 0.773. The van der Waals surface area contributed by atoms with E-state index in [1.54, 1.807) is 25.1 Å². The fraction of sp³-hybridized carbons (Fsp3) is 0.381. The SMILES string of the molecule is Cc1ccc(Cl)cc1N(CC(=O)N[C@H](C)c1ccc2c(c1)CCC2)S(C)(=O)=O. The highest BCUT2D eigenvalue weighted by Gasteiger charge is 2.24. The summed E-state index contributed by atoms with van der Waals surface area (Å²) in [5.41, 5.74) is 4.89. The molecule has 5 nitrogen and oxygen atoms in total. The molecule has 28 heavy (non-hydrogen) atoms. The summed E-state index contributed by atoms with van der Waals surface area (Å²) in [5.74, 6) is -0.363. The minimum atomic E-state index is -3.65. The van der Waals surface area contributed by atoms with E-state index in [1.165, 1.54) is 17.5 Å². The molecule has 0 unspecified atom stereocenters. The lowest BCUT2D eigenvalue weighted by atomic mass is 10.0. The first kappa shape index (κ1) is 20.7. The van der Waals surface area contributed by atoms with Gasteiger partial charge in [0.15, 0.2) is 0 Å². The largest absolute Gasteiger partial charge is 0.348 e. The maximum Gasteiger partial charge on any atom is 0.241 e.